The van der Waals surface area contributed by atoms with E-state index in [0.29, 0.717) is 5.92 Å². The zero-order chi connectivity index (χ0) is 13.5. The maximum atomic E-state index is 14.0. The van der Waals surface area contributed by atoms with Crippen molar-refractivity contribution >= 4 is 15.9 Å². The van der Waals surface area contributed by atoms with Gasteiger partial charge >= 0.3 is 0 Å². The van der Waals surface area contributed by atoms with Crippen LogP contribution in [0.1, 0.15) is 51.6 Å². The Balaban J connectivity index is 2.79. The molecule has 1 N–H and O–H groups in total. The molecule has 1 aromatic rings. The standard InChI is InChI=1S/C15H23BrFN/c1-4-9-18-15(8-5-11(2)3)13-7-6-12(16)10-14(13)17/h6-7,10-11,15,18H,4-5,8-9H2,1-3H3. The third-order valence-corrected chi connectivity index (χ3v) is 3.50. The molecule has 1 atom stereocenters. The van der Waals surface area contributed by atoms with Gasteiger partial charge in [0.1, 0.15) is 5.82 Å². The summed E-state index contributed by atoms with van der Waals surface area (Å²) in [6, 6.07) is 5.47. The molecule has 18 heavy (non-hydrogen) atoms. The van der Waals surface area contributed by atoms with Crippen LogP contribution >= 0.6 is 15.9 Å². The van der Waals surface area contributed by atoms with Crippen LogP contribution in [-0.2, 0) is 0 Å². The summed E-state index contributed by atoms with van der Waals surface area (Å²) in [5.74, 6) is 0.524. The molecule has 0 amide bonds. The largest absolute Gasteiger partial charge is 0.310 e. The fraction of sp³-hybridized carbons (Fsp3) is 0.600. The van der Waals surface area contributed by atoms with Crippen molar-refractivity contribution in [3.8, 4) is 0 Å². The number of hydrogen-bond donors (Lipinski definition) is 1. The van der Waals surface area contributed by atoms with Gasteiger partial charge in [-0.1, -0.05) is 42.8 Å². The molecule has 0 aliphatic carbocycles. The van der Waals surface area contributed by atoms with Gasteiger partial charge in [0, 0.05) is 16.1 Å². The molecule has 0 aliphatic rings. The molecule has 0 fully saturated rings. The minimum absolute atomic E-state index is 0.123. The summed E-state index contributed by atoms with van der Waals surface area (Å²) in [5, 5.41) is 3.45. The van der Waals surface area contributed by atoms with Gasteiger partial charge < -0.3 is 5.32 Å². The smallest absolute Gasteiger partial charge is 0.129 e. The van der Waals surface area contributed by atoms with E-state index >= 15 is 0 Å². The Morgan fingerprint density at radius 2 is 2.00 bits per heavy atom. The van der Waals surface area contributed by atoms with Gasteiger partial charge in [-0.15, -0.1) is 0 Å². The SMILES string of the molecule is CCCNC(CCC(C)C)c1ccc(Br)cc1F. The molecule has 0 saturated carbocycles. The number of halogens is 2. The first-order chi connectivity index (χ1) is 8.54. The second kappa shape index (κ2) is 7.90. The van der Waals surface area contributed by atoms with E-state index in [0.717, 1.165) is 35.8 Å². The molecule has 102 valence electrons. The predicted molar refractivity (Wildman–Crippen MR) is 79.2 cm³/mol. The minimum atomic E-state index is -0.123. The van der Waals surface area contributed by atoms with E-state index in [2.05, 4.69) is 42.0 Å². The second-order valence-electron chi connectivity index (χ2n) is 5.14. The fourth-order valence-corrected chi connectivity index (χ4v) is 2.30. The number of hydrogen-bond acceptors (Lipinski definition) is 1. The Kier molecular flexibility index (Phi) is 6.87. The summed E-state index contributed by atoms with van der Waals surface area (Å²) in [6.45, 7) is 7.46. The van der Waals surface area contributed by atoms with Gasteiger partial charge in [-0.3, -0.25) is 0 Å². The summed E-state index contributed by atoms with van der Waals surface area (Å²) < 4.78 is 14.8. The minimum Gasteiger partial charge on any atom is -0.310 e. The first-order valence-electron chi connectivity index (χ1n) is 6.73. The van der Waals surface area contributed by atoms with Crippen LogP contribution in [0.4, 0.5) is 4.39 Å². The van der Waals surface area contributed by atoms with E-state index in [1.165, 1.54) is 0 Å². The van der Waals surface area contributed by atoms with Crippen molar-refractivity contribution in [3.05, 3.63) is 34.1 Å². The molecule has 0 aromatic heterocycles. The highest BCUT2D eigenvalue weighted by atomic mass is 79.9. The van der Waals surface area contributed by atoms with Crippen molar-refractivity contribution < 1.29 is 4.39 Å². The number of benzene rings is 1. The third-order valence-electron chi connectivity index (χ3n) is 3.01. The van der Waals surface area contributed by atoms with E-state index in [4.69, 9.17) is 0 Å². The summed E-state index contributed by atoms with van der Waals surface area (Å²) in [7, 11) is 0. The van der Waals surface area contributed by atoms with Crippen LogP contribution in [0.15, 0.2) is 22.7 Å². The molecule has 3 heteroatoms. The highest BCUT2D eigenvalue weighted by molar-refractivity contribution is 9.10. The molecular formula is C15H23BrFN. The summed E-state index contributed by atoms with van der Waals surface area (Å²) in [4.78, 5) is 0. The Morgan fingerprint density at radius 1 is 1.28 bits per heavy atom. The van der Waals surface area contributed by atoms with Crippen molar-refractivity contribution in [2.45, 2.75) is 46.1 Å². The van der Waals surface area contributed by atoms with Crippen LogP contribution in [0.3, 0.4) is 0 Å². The van der Waals surface area contributed by atoms with Crippen molar-refractivity contribution in [2.75, 3.05) is 6.54 Å². The van der Waals surface area contributed by atoms with Crippen LogP contribution < -0.4 is 5.32 Å². The lowest BCUT2D eigenvalue weighted by molar-refractivity contribution is 0.427. The van der Waals surface area contributed by atoms with Gasteiger partial charge in [0.15, 0.2) is 0 Å². The average molecular weight is 316 g/mol. The molecule has 0 radical (unpaired) electrons. The molecule has 0 bridgehead atoms. The Bertz CT molecular complexity index is 366. The molecule has 1 nitrogen and oxygen atoms in total. The molecule has 0 heterocycles. The Morgan fingerprint density at radius 3 is 2.56 bits per heavy atom. The van der Waals surface area contributed by atoms with Gasteiger partial charge in [0.2, 0.25) is 0 Å². The summed E-state index contributed by atoms with van der Waals surface area (Å²) in [6.07, 6.45) is 3.16. The number of rotatable bonds is 7. The molecule has 0 saturated heterocycles. The summed E-state index contributed by atoms with van der Waals surface area (Å²) >= 11 is 3.30. The van der Waals surface area contributed by atoms with Gasteiger partial charge in [-0.25, -0.2) is 4.39 Å². The van der Waals surface area contributed by atoms with Gasteiger partial charge in [-0.05, 0) is 43.9 Å². The molecule has 1 aromatic carbocycles. The Labute approximate surface area is 118 Å². The molecule has 1 unspecified atom stereocenters. The highest BCUT2D eigenvalue weighted by Gasteiger charge is 2.15. The zero-order valence-electron chi connectivity index (χ0n) is 11.5. The van der Waals surface area contributed by atoms with Crippen LogP contribution in [0.2, 0.25) is 0 Å². The van der Waals surface area contributed by atoms with Crippen LogP contribution in [-0.4, -0.2) is 6.54 Å². The van der Waals surface area contributed by atoms with E-state index in [1.54, 1.807) is 6.07 Å². The quantitative estimate of drug-likeness (QED) is 0.741. The monoisotopic (exact) mass is 315 g/mol. The molecule has 1 rings (SSSR count). The van der Waals surface area contributed by atoms with E-state index in [1.807, 2.05) is 12.1 Å². The van der Waals surface area contributed by atoms with E-state index in [9.17, 15) is 4.39 Å². The molecular weight excluding hydrogens is 293 g/mol. The lowest BCUT2D eigenvalue weighted by Gasteiger charge is -2.20. The average Bonchev–Trinajstić information content (AvgIpc) is 2.30. The van der Waals surface area contributed by atoms with Gasteiger partial charge in [0.05, 0.1) is 0 Å². The predicted octanol–water partition coefficient (Wildman–Crippen LogP) is 5.07. The lowest BCUT2D eigenvalue weighted by atomic mass is 9.97. The third kappa shape index (κ3) is 5.07. The first-order valence-corrected chi connectivity index (χ1v) is 7.52. The lowest BCUT2D eigenvalue weighted by Crippen LogP contribution is -2.23. The first kappa shape index (κ1) is 15.6. The highest BCUT2D eigenvalue weighted by Crippen LogP contribution is 2.25. The van der Waals surface area contributed by atoms with E-state index < -0.39 is 0 Å². The Hall–Kier alpha value is -0.410. The van der Waals surface area contributed by atoms with Crippen molar-refractivity contribution in [2.24, 2.45) is 5.92 Å². The van der Waals surface area contributed by atoms with Crippen molar-refractivity contribution in [3.63, 3.8) is 0 Å². The number of nitrogens with one attached hydrogen (secondary N) is 1. The fourth-order valence-electron chi connectivity index (χ4n) is 1.97. The summed E-state index contributed by atoms with van der Waals surface area (Å²) in [5.41, 5.74) is 0.785. The van der Waals surface area contributed by atoms with Crippen LogP contribution in [0.25, 0.3) is 0 Å². The zero-order valence-corrected chi connectivity index (χ0v) is 13.1. The second-order valence-corrected chi connectivity index (χ2v) is 6.06. The molecule has 0 spiro atoms. The van der Waals surface area contributed by atoms with Crippen LogP contribution in [0, 0.1) is 11.7 Å². The maximum Gasteiger partial charge on any atom is 0.129 e. The van der Waals surface area contributed by atoms with Crippen molar-refractivity contribution in [1.82, 2.24) is 5.32 Å². The van der Waals surface area contributed by atoms with Crippen molar-refractivity contribution in [1.29, 1.82) is 0 Å². The molecule has 0 aliphatic heterocycles. The van der Waals surface area contributed by atoms with E-state index in [-0.39, 0.29) is 11.9 Å². The topological polar surface area (TPSA) is 12.0 Å². The van der Waals surface area contributed by atoms with Gasteiger partial charge in [-0.2, -0.15) is 0 Å². The normalized spacial score (nSPS) is 13.0. The van der Waals surface area contributed by atoms with Gasteiger partial charge in [0.25, 0.3) is 0 Å². The van der Waals surface area contributed by atoms with Crippen LogP contribution in [0.5, 0.6) is 0 Å². The maximum absolute atomic E-state index is 14.0.